The molecule has 0 fully saturated rings. The largest absolute Gasteiger partial charge is 0.491 e. The van der Waals surface area contributed by atoms with Gasteiger partial charge in [-0.15, -0.1) is 11.3 Å². The Morgan fingerprint density at radius 2 is 1.97 bits per heavy atom. The summed E-state index contributed by atoms with van der Waals surface area (Å²) in [5.41, 5.74) is 6.99. The second-order valence-electron chi connectivity index (χ2n) is 8.51. The standard InChI is InChI=1S/C26H23N7OS/c1-33(2)9-10-34-17-12-16(14-27-15-17)19-5-6-21-25(30-19)26(32-31-21)22-13-18-20(29-22)7-8-28-24(18)23-4-3-11-35-23/h3-8,11-15,29H,9-10H2,1-2H3,(H,31,32). The Bertz CT molecular complexity index is 1620. The van der Waals surface area contributed by atoms with Crippen molar-refractivity contribution in [1.82, 2.24) is 35.0 Å². The van der Waals surface area contributed by atoms with Gasteiger partial charge >= 0.3 is 0 Å². The summed E-state index contributed by atoms with van der Waals surface area (Å²) in [6.45, 7) is 1.43. The van der Waals surface area contributed by atoms with Crippen molar-refractivity contribution in [2.75, 3.05) is 27.2 Å². The SMILES string of the molecule is CN(C)CCOc1cncc(-c2ccc3[nH]nc(-c4cc5c(-c6cccs6)nccc5[nH]4)c3n2)c1. The third-order valence-electron chi connectivity index (χ3n) is 5.78. The lowest BCUT2D eigenvalue weighted by Crippen LogP contribution is -2.19. The van der Waals surface area contributed by atoms with E-state index in [0.717, 1.165) is 67.4 Å². The normalized spacial score (nSPS) is 11.6. The Kier molecular flexibility index (Phi) is 5.48. The zero-order chi connectivity index (χ0) is 23.8. The van der Waals surface area contributed by atoms with Crippen LogP contribution in [-0.2, 0) is 0 Å². The number of ether oxygens (including phenoxy) is 1. The van der Waals surface area contributed by atoms with E-state index >= 15 is 0 Å². The Morgan fingerprint density at radius 1 is 1.03 bits per heavy atom. The number of rotatable bonds is 7. The molecule has 0 radical (unpaired) electrons. The first kappa shape index (κ1) is 21.5. The molecule has 35 heavy (non-hydrogen) atoms. The maximum absolute atomic E-state index is 5.86. The maximum Gasteiger partial charge on any atom is 0.138 e. The molecule has 0 atom stereocenters. The van der Waals surface area contributed by atoms with Crippen LogP contribution in [0, 0.1) is 0 Å². The molecule has 0 spiro atoms. The van der Waals surface area contributed by atoms with E-state index in [2.05, 4.69) is 47.6 Å². The molecule has 6 aromatic heterocycles. The fourth-order valence-corrected chi connectivity index (χ4v) is 4.76. The van der Waals surface area contributed by atoms with Crippen LogP contribution in [0.2, 0.25) is 0 Å². The van der Waals surface area contributed by atoms with Gasteiger partial charge in [0.1, 0.15) is 23.6 Å². The van der Waals surface area contributed by atoms with Crippen LogP contribution in [-0.4, -0.2) is 62.3 Å². The fraction of sp³-hybridized carbons (Fsp3) is 0.154. The lowest BCUT2D eigenvalue weighted by atomic mass is 10.1. The summed E-state index contributed by atoms with van der Waals surface area (Å²) in [5.74, 6) is 0.725. The average Bonchev–Trinajstić information content (AvgIpc) is 3.62. The highest BCUT2D eigenvalue weighted by atomic mass is 32.1. The molecule has 6 aromatic rings. The molecule has 9 heteroatoms. The number of nitrogens with zero attached hydrogens (tertiary/aromatic N) is 5. The van der Waals surface area contributed by atoms with Gasteiger partial charge in [-0.05, 0) is 55.9 Å². The van der Waals surface area contributed by atoms with Crippen LogP contribution in [0.25, 0.3) is 55.2 Å². The van der Waals surface area contributed by atoms with Gasteiger partial charge in [0.15, 0.2) is 0 Å². The van der Waals surface area contributed by atoms with Crippen LogP contribution >= 0.6 is 11.3 Å². The van der Waals surface area contributed by atoms with Gasteiger partial charge in [-0.3, -0.25) is 15.1 Å². The molecule has 0 aliphatic rings. The minimum Gasteiger partial charge on any atom is -0.491 e. The smallest absolute Gasteiger partial charge is 0.138 e. The summed E-state index contributed by atoms with van der Waals surface area (Å²) in [6.07, 6.45) is 5.36. The highest BCUT2D eigenvalue weighted by Crippen LogP contribution is 2.34. The first-order valence-electron chi connectivity index (χ1n) is 11.3. The van der Waals surface area contributed by atoms with E-state index in [4.69, 9.17) is 9.72 Å². The van der Waals surface area contributed by atoms with E-state index < -0.39 is 0 Å². The van der Waals surface area contributed by atoms with E-state index in [9.17, 15) is 0 Å². The van der Waals surface area contributed by atoms with Crippen LogP contribution in [0.1, 0.15) is 0 Å². The minimum absolute atomic E-state index is 0.596. The molecule has 6 heterocycles. The van der Waals surface area contributed by atoms with Crippen molar-refractivity contribution in [3.63, 3.8) is 0 Å². The number of likely N-dealkylation sites (N-methyl/N-ethyl adjacent to an activating group) is 1. The first-order valence-corrected chi connectivity index (χ1v) is 12.1. The monoisotopic (exact) mass is 481 g/mol. The minimum atomic E-state index is 0.596. The second-order valence-corrected chi connectivity index (χ2v) is 9.45. The number of H-pyrrole nitrogens is 2. The molecule has 2 N–H and O–H groups in total. The molecule has 0 aliphatic heterocycles. The molecule has 0 aromatic carbocycles. The second kappa shape index (κ2) is 8.94. The maximum atomic E-state index is 5.86. The van der Waals surface area contributed by atoms with Crippen molar-refractivity contribution in [3.8, 4) is 39.0 Å². The lowest BCUT2D eigenvalue weighted by molar-refractivity contribution is 0.261. The van der Waals surface area contributed by atoms with Crippen LogP contribution in [0.15, 0.2) is 66.4 Å². The molecule has 0 aliphatic carbocycles. The van der Waals surface area contributed by atoms with E-state index in [0.29, 0.717) is 6.61 Å². The van der Waals surface area contributed by atoms with Crippen molar-refractivity contribution in [2.45, 2.75) is 0 Å². The van der Waals surface area contributed by atoms with Gasteiger partial charge in [-0.25, -0.2) is 4.98 Å². The number of hydrogen-bond donors (Lipinski definition) is 2. The van der Waals surface area contributed by atoms with Crippen molar-refractivity contribution in [2.24, 2.45) is 0 Å². The van der Waals surface area contributed by atoms with E-state index in [1.807, 2.05) is 50.6 Å². The molecular weight excluding hydrogens is 458 g/mol. The van der Waals surface area contributed by atoms with Crippen LogP contribution in [0.5, 0.6) is 5.75 Å². The summed E-state index contributed by atoms with van der Waals surface area (Å²) in [4.78, 5) is 20.6. The van der Waals surface area contributed by atoms with Gasteiger partial charge in [0.2, 0.25) is 0 Å². The highest BCUT2D eigenvalue weighted by Gasteiger charge is 2.16. The fourth-order valence-electron chi connectivity index (χ4n) is 4.02. The number of thiophene rings is 1. The third-order valence-corrected chi connectivity index (χ3v) is 6.66. The number of fused-ring (bicyclic) bond motifs is 2. The molecular formula is C26H23N7OS. The number of aromatic nitrogens is 6. The Balaban J connectivity index is 1.38. The van der Waals surface area contributed by atoms with Gasteiger partial charge < -0.3 is 14.6 Å². The van der Waals surface area contributed by atoms with E-state index in [-0.39, 0.29) is 0 Å². The van der Waals surface area contributed by atoms with Crippen molar-refractivity contribution < 1.29 is 4.74 Å². The summed E-state index contributed by atoms with van der Waals surface area (Å²) in [6, 6.07) is 14.1. The zero-order valence-electron chi connectivity index (χ0n) is 19.3. The summed E-state index contributed by atoms with van der Waals surface area (Å²) < 4.78 is 5.86. The molecule has 0 saturated carbocycles. The van der Waals surface area contributed by atoms with Gasteiger partial charge in [0.25, 0.3) is 0 Å². The third kappa shape index (κ3) is 4.16. The Labute approximate surface area is 205 Å². The van der Waals surface area contributed by atoms with Crippen molar-refractivity contribution in [1.29, 1.82) is 0 Å². The Hall–Kier alpha value is -4.08. The summed E-state index contributed by atoms with van der Waals surface area (Å²) in [5, 5.41) is 10.8. The molecule has 0 amide bonds. The number of aromatic amines is 2. The molecule has 6 rings (SSSR count). The number of pyridine rings is 3. The predicted octanol–water partition coefficient (Wildman–Crippen LogP) is 5.23. The molecule has 0 bridgehead atoms. The average molecular weight is 482 g/mol. The summed E-state index contributed by atoms with van der Waals surface area (Å²) >= 11 is 1.68. The van der Waals surface area contributed by atoms with Gasteiger partial charge in [-0.1, -0.05) is 6.07 Å². The van der Waals surface area contributed by atoms with Crippen molar-refractivity contribution >= 4 is 33.3 Å². The van der Waals surface area contributed by atoms with Crippen molar-refractivity contribution in [3.05, 3.63) is 66.4 Å². The topological polar surface area (TPSA) is 95.6 Å². The van der Waals surface area contributed by atoms with Crippen LogP contribution in [0.3, 0.4) is 0 Å². The summed E-state index contributed by atoms with van der Waals surface area (Å²) in [7, 11) is 4.04. The zero-order valence-corrected chi connectivity index (χ0v) is 20.1. The Morgan fingerprint density at radius 3 is 2.83 bits per heavy atom. The number of nitrogens with one attached hydrogen (secondary N) is 2. The molecule has 0 saturated heterocycles. The van der Waals surface area contributed by atoms with Gasteiger partial charge in [0, 0.05) is 35.4 Å². The van der Waals surface area contributed by atoms with E-state index in [1.54, 1.807) is 23.7 Å². The lowest BCUT2D eigenvalue weighted by Gasteiger charge is -2.11. The molecule has 174 valence electrons. The van der Waals surface area contributed by atoms with Gasteiger partial charge in [0.05, 0.1) is 33.7 Å². The quantitative estimate of drug-likeness (QED) is 0.324. The number of hydrogen-bond acceptors (Lipinski definition) is 7. The van der Waals surface area contributed by atoms with Crippen LogP contribution < -0.4 is 4.74 Å². The highest BCUT2D eigenvalue weighted by molar-refractivity contribution is 7.13. The van der Waals surface area contributed by atoms with E-state index in [1.165, 1.54) is 0 Å². The van der Waals surface area contributed by atoms with Gasteiger partial charge in [-0.2, -0.15) is 5.10 Å². The molecule has 8 nitrogen and oxygen atoms in total. The van der Waals surface area contributed by atoms with Crippen LogP contribution in [0.4, 0.5) is 0 Å². The first-order chi connectivity index (χ1) is 17.2. The predicted molar refractivity (Wildman–Crippen MR) is 140 cm³/mol. The molecule has 0 unspecified atom stereocenters.